The van der Waals surface area contributed by atoms with Gasteiger partial charge >= 0.3 is 0 Å². The summed E-state index contributed by atoms with van der Waals surface area (Å²) < 4.78 is 0. The molecule has 1 aromatic heterocycles. The minimum atomic E-state index is -0.136. The number of nitrogens with zero attached hydrogens (tertiary/aromatic N) is 1. The van der Waals surface area contributed by atoms with Crippen molar-refractivity contribution in [2.24, 2.45) is 0 Å². The molecular formula is C10H13NO. The number of hydrogen-bond donors (Lipinski definition) is 0. The zero-order chi connectivity index (χ0) is 9.03. The van der Waals surface area contributed by atoms with Crippen LogP contribution in [0.25, 0.3) is 0 Å². The quantitative estimate of drug-likeness (QED) is 0.637. The second-order valence-electron chi connectivity index (χ2n) is 3.47. The van der Waals surface area contributed by atoms with Crippen LogP contribution in [-0.2, 0) is 10.2 Å². The maximum Gasteiger partial charge on any atom is 0.120 e. The van der Waals surface area contributed by atoms with Crippen LogP contribution in [0, 0.1) is 0 Å². The predicted molar refractivity (Wildman–Crippen MR) is 47.9 cm³/mol. The van der Waals surface area contributed by atoms with Crippen LogP contribution in [0.5, 0.6) is 0 Å². The van der Waals surface area contributed by atoms with Gasteiger partial charge < -0.3 is 4.79 Å². The summed E-state index contributed by atoms with van der Waals surface area (Å²) in [6, 6.07) is 5.76. The van der Waals surface area contributed by atoms with E-state index in [-0.39, 0.29) is 5.41 Å². The van der Waals surface area contributed by atoms with Gasteiger partial charge in [-0.25, -0.2) is 0 Å². The molecule has 0 saturated carbocycles. The summed E-state index contributed by atoms with van der Waals surface area (Å²) >= 11 is 0. The summed E-state index contributed by atoms with van der Waals surface area (Å²) in [5.74, 6) is 0. The first-order chi connectivity index (χ1) is 5.67. The Balaban J connectivity index is 2.89. The molecule has 1 rings (SSSR count). The monoisotopic (exact) mass is 163 g/mol. The highest BCUT2D eigenvalue weighted by Crippen LogP contribution is 2.23. The van der Waals surface area contributed by atoms with Gasteiger partial charge in [-0.05, 0) is 12.1 Å². The number of hydrogen-bond acceptors (Lipinski definition) is 2. The van der Waals surface area contributed by atoms with Crippen LogP contribution < -0.4 is 0 Å². The fourth-order valence-electron chi connectivity index (χ4n) is 1.08. The van der Waals surface area contributed by atoms with Crippen LogP contribution >= 0.6 is 0 Å². The molecule has 0 unspecified atom stereocenters. The van der Waals surface area contributed by atoms with Crippen molar-refractivity contribution in [3.05, 3.63) is 30.1 Å². The third kappa shape index (κ3) is 1.91. The lowest BCUT2D eigenvalue weighted by Gasteiger charge is -2.20. The molecule has 0 amide bonds. The van der Waals surface area contributed by atoms with Gasteiger partial charge in [0.05, 0.1) is 0 Å². The molecular weight excluding hydrogens is 150 g/mol. The average Bonchev–Trinajstić information content (AvgIpc) is 2.06. The van der Waals surface area contributed by atoms with E-state index in [1.54, 1.807) is 6.20 Å². The minimum absolute atomic E-state index is 0.136. The van der Waals surface area contributed by atoms with Crippen molar-refractivity contribution in [3.63, 3.8) is 0 Å². The second-order valence-corrected chi connectivity index (χ2v) is 3.47. The molecule has 1 heterocycles. The van der Waals surface area contributed by atoms with Gasteiger partial charge in [0.25, 0.3) is 0 Å². The molecule has 0 fully saturated rings. The number of carbonyl (C=O) groups excluding carboxylic acids is 1. The van der Waals surface area contributed by atoms with Crippen LogP contribution in [0.1, 0.15) is 26.0 Å². The standard InChI is InChI=1S/C10H13NO/c1-10(2,6-8-12)9-5-3-4-7-11-9/h3-5,7-8H,6H2,1-2H3. The Morgan fingerprint density at radius 2 is 2.25 bits per heavy atom. The van der Waals surface area contributed by atoms with Crippen LogP contribution in [-0.4, -0.2) is 11.3 Å². The molecule has 0 aliphatic rings. The Kier molecular flexibility index (Phi) is 2.58. The molecule has 0 spiro atoms. The van der Waals surface area contributed by atoms with E-state index in [0.29, 0.717) is 6.42 Å². The Morgan fingerprint density at radius 3 is 2.75 bits per heavy atom. The third-order valence-electron chi connectivity index (χ3n) is 1.95. The van der Waals surface area contributed by atoms with Gasteiger partial charge in [-0.3, -0.25) is 4.98 Å². The van der Waals surface area contributed by atoms with Gasteiger partial charge in [-0.1, -0.05) is 19.9 Å². The summed E-state index contributed by atoms with van der Waals surface area (Å²) in [5, 5.41) is 0. The van der Waals surface area contributed by atoms with Crippen molar-refractivity contribution in [1.29, 1.82) is 0 Å². The molecule has 0 radical (unpaired) electrons. The van der Waals surface area contributed by atoms with E-state index in [1.807, 2.05) is 32.0 Å². The van der Waals surface area contributed by atoms with Crippen molar-refractivity contribution in [2.45, 2.75) is 25.7 Å². The summed E-state index contributed by atoms with van der Waals surface area (Å²) in [5.41, 5.74) is 0.834. The number of aldehydes is 1. The molecule has 12 heavy (non-hydrogen) atoms. The van der Waals surface area contributed by atoms with Gasteiger partial charge in [-0.15, -0.1) is 0 Å². The Labute approximate surface area is 72.6 Å². The second kappa shape index (κ2) is 3.48. The summed E-state index contributed by atoms with van der Waals surface area (Å²) in [6.07, 6.45) is 3.21. The molecule has 2 nitrogen and oxygen atoms in total. The smallest absolute Gasteiger partial charge is 0.120 e. The van der Waals surface area contributed by atoms with E-state index >= 15 is 0 Å². The summed E-state index contributed by atoms with van der Waals surface area (Å²) in [7, 11) is 0. The van der Waals surface area contributed by atoms with Crippen molar-refractivity contribution in [3.8, 4) is 0 Å². The number of aromatic nitrogens is 1. The third-order valence-corrected chi connectivity index (χ3v) is 1.95. The first-order valence-corrected chi connectivity index (χ1v) is 4.02. The van der Waals surface area contributed by atoms with E-state index in [1.165, 1.54) is 0 Å². The van der Waals surface area contributed by atoms with Crippen molar-refractivity contribution >= 4 is 6.29 Å². The molecule has 64 valence electrons. The van der Waals surface area contributed by atoms with Crippen molar-refractivity contribution in [1.82, 2.24) is 4.98 Å². The van der Waals surface area contributed by atoms with Gasteiger partial charge in [0.15, 0.2) is 0 Å². The average molecular weight is 163 g/mol. The predicted octanol–water partition coefficient (Wildman–Crippen LogP) is 1.95. The maximum atomic E-state index is 10.4. The maximum absolute atomic E-state index is 10.4. The number of rotatable bonds is 3. The molecule has 0 aromatic carbocycles. The zero-order valence-electron chi connectivity index (χ0n) is 7.45. The fourth-order valence-corrected chi connectivity index (χ4v) is 1.08. The lowest BCUT2D eigenvalue weighted by molar-refractivity contribution is -0.108. The fraction of sp³-hybridized carbons (Fsp3) is 0.400. The lowest BCUT2D eigenvalue weighted by Crippen LogP contribution is -2.18. The van der Waals surface area contributed by atoms with E-state index in [4.69, 9.17) is 0 Å². The Bertz CT molecular complexity index is 254. The van der Waals surface area contributed by atoms with Crippen LogP contribution in [0.15, 0.2) is 24.4 Å². The SMILES string of the molecule is CC(C)(CC=O)c1ccccn1. The van der Waals surface area contributed by atoms with Crippen LogP contribution in [0.2, 0.25) is 0 Å². The normalized spacial score (nSPS) is 11.2. The first-order valence-electron chi connectivity index (χ1n) is 4.02. The Morgan fingerprint density at radius 1 is 1.50 bits per heavy atom. The summed E-state index contributed by atoms with van der Waals surface area (Å²) in [6.45, 7) is 4.04. The molecule has 2 heteroatoms. The molecule has 0 aliphatic heterocycles. The highest BCUT2D eigenvalue weighted by atomic mass is 16.1. The van der Waals surface area contributed by atoms with Crippen molar-refractivity contribution in [2.75, 3.05) is 0 Å². The minimum Gasteiger partial charge on any atom is -0.303 e. The van der Waals surface area contributed by atoms with Gasteiger partial charge in [0.1, 0.15) is 6.29 Å². The van der Waals surface area contributed by atoms with E-state index in [0.717, 1.165) is 12.0 Å². The number of carbonyl (C=O) groups is 1. The molecule has 0 atom stereocenters. The van der Waals surface area contributed by atoms with Crippen LogP contribution in [0.3, 0.4) is 0 Å². The highest BCUT2D eigenvalue weighted by molar-refractivity contribution is 5.52. The van der Waals surface area contributed by atoms with Gasteiger partial charge in [-0.2, -0.15) is 0 Å². The highest BCUT2D eigenvalue weighted by Gasteiger charge is 2.20. The van der Waals surface area contributed by atoms with Crippen LogP contribution in [0.4, 0.5) is 0 Å². The molecule has 0 saturated heterocycles. The molecule has 1 aromatic rings. The summed E-state index contributed by atoms with van der Waals surface area (Å²) in [4.78, 5) is 14.6. The molecule has 0 bridgehead atoms. The molecule has 0 aliphatic carbocycles. The topological polar surface area (TPSA) is 30.0 Å². The van der Waals surface area contributed by atoms with Crippen molar-refractivity contribution < 1.29 is 4.79 Å². The van der Waals surface area contributed by atoms with Gasteiger partial charge in [0, 0.05) is 23.7 Å². The van der Waals surface area contributed by atoms with E-state index < -0.39 is 0 Å². The zero-order valence-corrected chi connectivity index (χ0v) is 7.45. The first kappa shape index (κ1) is 8.91. The Hall–Kier alpha value is -1.18. The molecule has 0 N–H and O–H groups in total. The lowest BCUT2D eigenvalue weighted by atomic mass is 9.86. The largest absolute Gasteiger partial charge is 0.303 e. The van der Waals surface area contributed by atoms with E-state index in [9.17, 15) is 4.79 Å². The van der Waals surface area contributed by atoms with Gasteiger partial charge in [0.2, 0.25) is 0 Å². The number of pyridine rings is 1. The van der Waals surface area contributed by atoms with E-state index in [2.05, 4.69) is 4.98 Å².